The van der Waals surface area contributed by atoms with Crippen molar-refractivity contribution in [3.8, 4) is 0 Å². The van der Waals surface area contributed by atoms with Gasteiger partial charge >= 0.3 is 6.03 Å². The summed E-state index contributed by atoms with van der Waals surface area (Å²) in [4.78, 5) is 29.2. The van der Waals surface area contributed by atoms with E-state index in [-0.39, 0.29) is 30.1 Å². The Balaban J connectivity index is 2.43. The van der Waals surface area contributed by atoms with Crippen LogP contribution in [-0.2, 0) is 16.1 Å². The van der Waals surface area contributed by atoms with Crippen LogP contribution in [0.4, 0.5) is 16.2 Å². The summed E-state index contributed by atoms with van der Waals surface area (Å²) in [6.45, 7) is 8.28. The molecule has 0 aliphatic rings. The number of anilines is 2. The summed E-state index contributed by atoms with van der Waals surface area (Å²) in [6.07, 6.45) is 0. The van der Waals surface area contributed by atoms with Gasteiger partial charge in [-0.2, -0.15) is 0 Å². The third-order valence-corrected chi connectivity index (χ3v) is 4.95. The van der Waals surface area contributed by atoms with E-state index in [0.717, 1.165) is 16.8 Å². The monoisotopic (exact) mass is 440 g/mol. The number of carbonyl (C=O) groups excluding carboxylic acids is 2. The van der Waals surface area contributed by atoms with Crippen LogP contribution in [0.15, 0.2) is 48.5 Å². The fourth-order valence-electron chi connectivity index (χ4n) is 3.43. The summed E-state index contributed by atoms with van der Waals surface area (Å²) in [5.41, 5.74) is 3.25. The molecule has 0 heterocycles. The van der Waals surface area contributed by atoms with Gasteiger partial charge in [-0.05, 0) is 57.0 Å². The average Bonchev–Trinajstić information content (AvgIpc) is 2.71. The smallest absolute Gasteiger partial charge is 0.318 e. The van der Waals surface area contributed by atoms with Crippen molar-refractivity contribution in [3.05, 3.63) is 59.7 Å². The second-order valence-corrected chi connectivity index (χ2v) is 9.11. The zero-order chi connectivity index (χ0) is 23.9. The van der Waals surface area contributed by atoms with Crippen molar-refractivity contribution in [3.63, 3.8) is 0 Å². The van der Waals surface area contributed by atoms with E-state index in [9.17, 15) is 9.59 Å². The standard InChI is InChI=1S/C25H36N4O3/c1-18(19-11-9-8-10-12-19)29(24(31)27-25(2,3)4)16-20-15-21(26-23(30)17-32-7)13-14-22(20)28(5)6/h8-15,18H,16-17H2,1-7H3,(H,26,30)(H,27,31). The minimum atomic E-state index is -0.369. The van der Waals surface area contributed by atoms with E-state index < -0.39 is 0 Å². The molecule has 0 spiro atoms. The van der Waals surface area contributed by atoms with Crippen LogP contribution in [0.25, 0.3) is 0 Å². The highest BCUT2D eigenvalue weighted by atomic mass is 16.5. The molecule has 2 N–H and O–H groups in total. The largest absolute Gasteiger partial charge is 0.377 e. The maximum Gasteiger partial charge on any atom is 0.318 e. The Labute approximate surface area is 191 Å². The van der Waals surface area contributed by atoms with E-state index in [1.165, 1.54) is 7.11 Å². The van der Waals surface area contributed by atoms with Crippen molar-refractivity contribution < 1.29 is 14.3 Å². The molecule has 3 amide bonds. The van der Waals surface area contributed by atoms with Gasteiger partial charge in [-0.1, -0.05) is 30.3 Å². The lowest BCUT2D eigenvalue weighted by atomic mass is 10.0. The first-order valence-corrected chi connectivity index (χ1v) is 10.7. The highest BCUT2D eigenvalue weighted by Crippen LogP contribution is 2.29. The van der Waals surface area contributed by atoms with E-state index in [4.69, 9.17) is 4.74 Å². The Hall–Kier alpha value is -3.06. The summed E-state index contributed by atoms with van der Waals surface area (Å²) >= 11 is 0. The van der Waals surface area contributed by atoms with E-state index in [1.807, 2.05) is 100 Å². The maximum absolute atomic E-state index is 13.3. The molecule has 2 aromatic rings. The third-order valence-electron chi connectivity index (χ3n) is 4.95. The number of amides is 3. The van der Waals surface area contributed by atoms with Crippen LogP contribution in [0.2, 0.25) is 0 Å². The van der Waals surface area contributed by atoms with Crippen molar-refractivity contribution in [1.82, 2.24) is 10.2 Å². The van der Waals surface area contributed by atoms with Gasteiger partial charge in [0.15, 0.2) is 0 Å². The van der Waals surface area contributed by atoms with Gasteiger partial charge in [0.25, 0.3) is 0 Å². The Morgan fingerprint density at radius 3 is 2.28 bits per heavy atom. The quantitative estimate of drug-likeness (QED) is 0.638. The third kappa shape index (κ3) is 7.27. The number of ether oxygens (including phenoxy) is 1. The van der Waals surface area contributed by atoms with Gasteiger partial charge in [-0.3, -0.25) is 4.79 Å². The van der Waals surface area contributed by atoms with Crippen LogP contribution < -0.4 is 15.5 Å². The zero-order valence-electron chi connectivity index (χ0n) is 20.2. The van der Waals surface area contributed by atoms with Gasteiger partial charge in [0, 0.05) is 38.1 Å². The van der Waals surface area contributed by atoms with Crippen LogP contribution in [0.5, 0.6) is 0 Å². The summed E-state index contributed by atoms with van der Waals surface area (Å²) in [6, 6.07) is 15.4. The number of rotatable bonds is 8. The van der Waals surface area contributed by atoms with Gasteiger partial charge in [-0.15, -0.1) is 0 Å². The molecule has 0 aliphatic carbocycles. The van der Waals surface area contributed by atoms with Crippen LogP contribution in [-0.4, -0.2) is 50.2 Å². The first-order chi connectivity index (χ1) is 15.0. The van der Waals surface area contributed by atoms with E-state index >= 15 is 0 Å². The van der Waals surface area contributed by atoms with Crippen molar-refractivity contribution >= 4 is 23.3 Å². The van der Waals surface area contributed by atoms with Gasteiger partial charge in [0.1, 0.15) is 6.61 Å². The van der Waals surface area contributed by atoms with E-state index in [2.05, 4.69) is 10.6 Å². The van der Waals surface area contributed by atoms with Gasteiger partial charge in [0.2, 0.25) is 5.91 Å². The molecule has 7 heteroatoms. The van der Waals surface area contributed by atoms with E-state index in [0.29, 0.717) is 12.2 Å². The van der Waals surface area contributed by atoms with Crippen molar-refractivity contribution in [1.29, 1.82) is 0 Å². The van der Waals surface area contributed by atoms with Gasteiger partial charge in [-0.25, -0.2) is 4.79 Å². The Bertz CT molecular complexity index is 907. The van der Waals surface area contributed by atoms with Crippen LogP contribution in [0.3, 0.4) is 0 Å². The molecular weight excluding hydrogens is 404 g/mol. The highest BCUT2D eigenvalue weighted by molar-refractivity contribution is 5.92. The number of nitrogens with zero attached hydrogens (tertiary/aromatic N) is 2. The fraction of sp³-hybridized carbons (Fsp3) is 0.440. The number of urea groups is 1. The molecule has 174 valence electrons. The molecular formula is C25H36N4O3. The summed E-state index contributed by atoms with van der Waals surface area (Å²) in [5, 5.41) is 5.94. The molecule has 0 radical (unpaired) electrons. The first kappa shape index (κ1) is 25.2. The van der Waals surface area contributed by atoms with Gasteiger partial charge in [0.05, 0.1) is 12.6 Å². The normalized spacial score (nSPS) is 12.1. The Morgan fingerprint density at radius 1 is 1.06 bits per heavy atom. The minimum absolute atomic E-state index is 0.0179. The summed E-state index contributed by atoms with van der Waals surface area (Å²) < 4.78 is 4.91. The fourth-order valence-corrected chi connectivity index (χ4v) is 3.43. The van der Waals surface area contributed by atoms with Crippen LogP contribution in [0, 0.1) is 0 Å². The minimum Gasteiger partial charge on any atom is -0.377 e. The second-order valence-electron chi connectivity index (χ2n) is 9.11. The first-order valence-electron chi connectivity index (χ1n) is 10.7. The lowest BCUT2D eigenvalue weighted by Crippen LogP contribution is -2.49. The number of hydrogen-bond acceptors (Lipinski definition) is 4. The van der Waals surface area contributed by atoms with Crippen molar-refractivity contribution in [2.75, 3.05) is 38.0 Å². The predicted octanol–water partition coefficient (Wildman–Crippen LogP) is 4.41. The number of hydrogen-bond donors (Lipinski definition) is 2. The molecule has 0 fully saturated rings. The van der Waals surface area contributed by atoms with Crippen molar-refractivity contribution in [2.24, 2.45) is 0 Å². The summed E-state index contributed by atoms with van der Waals surface area (Å²) in [5.74, 6) is -0.226. The summed E-state index contributed by atoms with van der Waals surface area (Å²) in [7, 11) is 5.40. The molecule has 0 aromatic heterocycles. The second kappa shape index (κ2) is 11.0. The number of carbonyl (C=O) groups is 2. The average molecular weight is 441 g/mol. The van der Waals surface area contributed by atoms with Crippen LogP contribution in [0.1, 0.15) is 44.9 Å². The van der Waals surface area contributed by atoms with Gasteiger partial charge < -0.3 is 25.2 Å². The van der Waals surface area contributed by atoms with Crippen LogP contribution >= 0.6 is 0 Å². The number of nitrogens with one attached hydrogen (secondary N) is 2. The molecule has 0 bridgehead atoms. The molecule has 2 aromatic carbocycles. The van der Waals surface area contributed by atoms with Crippen molar-refractivity contribution in [2.45, 2.75) is 45.8 Å². The SMILES string of the molecule is COCC(=O)Nc1ccc(N(C)C)c(CN(C(=O)NC(C)(C)C)C(C)c2ccccc2)c1. The molecule has 0 saturated heterocycles. The molecule has 7 nitrogen and oxygen atoms in total. The molecule has 0 saturated carbocycles. The Kier molecular flexibility index (Phi) is 8.66. The highest BCUT2D eigenvalue weighted by Gasteiger charge is 2.26. The number of benzene rings is 2. The maximum atomic E-state index is 13.3. The predicted molar refractivity (Wildman–Crippen MR) is 130 cm³/mol. The number of methoxy groups -OCH3 is 1. The molecule has 0 aliphatic heterocycles. The lowest BCUT2D eigenvalue weighted by Gasteiger charge is -2.34. The lowest BCUT2D eigenvalue weighted by molar-refractivity contribution is -0.119. The van der Waals surface area contributed by atoms with E-state index in [1.54, 1.807) is 0 Å². The molecule has 2 rings (SSSR count). The molecule has 1 unspecified atom stereocenters. The zero-order valence-corrected chi connectivity index (χ0v) is 20.2. The topological polar surface area (TPSA) is 73.9 Å². The molecule has 32 heavy (non-hydrogen) atoms. The Morgan fingerprint density at radius 2 is 1.72 bits per heavy atom. The molecule has 1 atom stereocenters.